The molecule has 2 aromatic rings. The van der Waals surface area contributed by atoms with Crippen molar-refractivity contribution in [1.29, 1.82) is 0 Å². The smallest absolute Gasteiger partial charge is 0.175 e. The van der Waals surface area contributed by atoms with E-state index in [4.69, 9.17) is 0 Å². The summed E-state index contributed by atoms with van der Waals surface area (Å²) in [5.41, 5.74) is 2.88. The fourth-order valence-corrected chi connectivity index (χ4v) is 3.56. The Balaban J connectivity index is 2.24. The molecule has 0 aromatic heterocycles. The van der Waals surface area contributed by atoms with Crippen molar-refractivity contribution in [2.75, 3.05) is 6.26 Å². The molecule has 0 fully saturated rings. The van der Waals surface area contributed by atoms with Crippen molar-refractivity contribution in [2.24, 2.45) is 4.99 Å². The molecular weight excluding hydrogens is 282 g/mol. The lowest BCUT2D eigenvalue weighted by Gasteiger charge is -2.17. The van der Waals surface area contributed by atoms with Crippen molar-refractivity contribution < 1.29 is 8.42 Å². The zero-order chi connectivity index (χ0) is 14.9. The van der Waals surface area contributed by atoms with Gasteiger partial charge in [0.15, 0.2) is 9.84 Å². The summed E-state index contributed by atoms with van der Waals surface area (Å²) in [4.78, 5) is 4.63. The summed E-state index contributed by atoms with van der Waals surface area (Å²) in [5.74, 6) is -0.165. The highest BCUT2D eigenvalue weighted by Gasteiger charge is 2.22. The Labute approximate surface area is 124 Å². The van der Waals surface area contributed by atoms with Crippen molar-refractivity contribution in [3.8, 4) is 0 Å². The molecule has 1 unspecified atom stereocenters. The van der Waals surface area contributed by atoms with Gasteiger partial charge >= 0.3 is 0 Å². The summed E-state index contributed by atoms with van der Waals surface area (Å²) in [6.07, 6.45) is 6.72. The van der Waals surface area contributed by atoms with Gasteiger partial charge in [-0.25, -0.2) is 8.42 Å². The zero-order valence-electron chi connectivity index (χ0n) is 11.6. The van der Waals surface area contributed by atoms with Gasteiger partial charge in [0, 0.05) is 24.6 Å². The number of aliphatic imine (C=N–C) groups is 1. The van der Waals surface area contributed by atoms with Crippen molar-refractivity contribution in [3.63, 3.8) is 0 Å². The molecule has 3 rings (SSSR count). The SMILES string of the molecule is CS(=O)(=O)c1ccccc1C1C=NC=Cc2ccccc21. The van der Waals surface area contributed by atoms with Crippen LogP contribution in [-0.2, 0) is 9.84 Å². The lowest BCUT2D eigenvalue weighted by molar-refractivity contribution is 0.601. The van der Waals surface area contributed by atoms with Crippen LogP contribution in [0.3, 0.4) is 0 Å². The number of hydrogen-bond donors (Lipinski definition) is 0. The van der Waals surface area contributed by atoms with Gasteiger partial charge in [-0.1, -0.05) is 42.5 Å². The monoisotopic (exact) mass is 297 g/mol. The molecule has 2 aromatic carbocycles. The molecule has 1 aliphatic heterocycles. The number of hydrogen-bond acceptors (Lipinski definition) is 3. The average Bonchev–Trinajstić information content (AvgIpc) is 2.68. The highest BCUT2D eigenvalue weighted by molar-refractivity contribution is 7.90. The van der Waals surface area contributed by atoms with Crippen LogP contribution < -0.4 is 0 Å². The fraction of sp³-hybridized carbons (Fsp3) is 0.118. The van der Waals surface area contributed by atoms with Crippen LogP contribution in [0.1, 0.15) is 22.6 Å². The van der Waals surface area contributed by atoms with Crippen molar-refractivity contribution in [1.82, 2.24) is 0 Å². The maximum Gasteiger partial charge on any atom is 0.175 e. The molecule has 1 heterocycles. The Kier molecular flexibility index (Phi) is 3.47. The summed E-state index contributed by atoms with van der Waals surface area (Å²) < 4.78 is 24.1. The summed E-state index contributed by atoms with van der Waals surface area (Å²) in [7, 11) is -3.28. The maximum atomic E-state index is 12.0. The third-order valence-electron chi connectivity index (χ3n) is 3.56. The van der Waals surface area contributed by atoms with Gasteiger partial charge in [0.2, 0.25) is 0 Å². The predicted molar refractivity (Wildman–Crippen MR) is 85.4 cm³/mol. The molecule has 0 saturated carbocycles. The van der Waals surface area contributed by atoms with Gasteiger partial charge < -0.3 is 0 Å². The van der Waals surface area contributed by atoms with Crippen molar-refractivity contribution >= 4 is 22.1 Å². The molecule has 21 heavy (non-hydrogen) atoms. The molecular formula is C17H15NO2S. The molecule has 4 heteroatoms. The minimum atomic E-state index is -3.28. The Morgan fingerprint density at radius 2 is 1.62 bits per heavy atom. The second-order valence-corrected chi connectivity index (χ2v) is 7.01. The van der Waals surface area contributed by atoms with Crippen LogP contribution in [0, 0.1) is 0 Å². The quantitative estimate of drug-likeness (QED) is 0.854. The largest absolute Gasteiger partial charge is 0.268 e. The second kappa shape index (κ2) is 5.30. The summed E-state index contributed by atoms with van der Waals surface area (Å²) in [6.45, 7) is 0. The van der Waals surface area contributed by atoms with Gasteiger partial charge in [0.25, 0.3) is 0 Å². The number of rotatable bonds is 2. The van der Waals surface area contributed by atoms with Crippen LogP contribution in [0.4, 0.5) is 0 Å². The molecule has 106 valence electrons. The van der Waals surface area contributed by atoms with E-state index in [9.17, 15) is 8.42 Å². The Morgan fingerprint density at radius 3 is 2.38 bits per heavy atom. The molecule has 0 aliphatic carbocycles. The van der Waals surface area contributed by atoms with Crippen LogP contribution in [0.5, 0.6) is 0 Å². The van der Waals surface area contributed by atoms with Gasteiger partial charge in [0.05, 0.1) is 4.90 Å². The summed E-state index contributed by atoms with van der Waals surface area (Å²) >= 11 is 0. The van der Waals surface area contributed by atoms with Gasteiger partial charge in [-0.2, -0.15) is 0 Å². The van der Waals surface area contributed by atoms with Crippen molar-refractivity contribution in [2.45, 2.75) is 10.8 Å². The normalized spacial score (nSPS) is 17.3. The number of sulfone groups is 1. The van der Waals surface area contributed by atoms with Crippen LogP contribution in [-0.4, -0.2) is 20.9 Å². The average molecular weight is 297 g/mol. The van der Waals surface area contributed by atoms with Crippen LogP contribution in [0.2, 0.25) is 0 Å². The standard InChI is InChI=1S/C17H15NO2S/c1-21(19,20)17-9-5-4-8-15(17)16-12-18-11-10-13-6-2-3-7-14(13)16/h2-12,16H,1H3. The van der Waals surface area contributed by atoms with Gasteiger partial charge in [0.1, 0.15) is 0 Å². The van der Waals surface area contributed by atoms with E-state index in [1.54, 1.807) is 24.5 Å². The van der Waals surface area contributed by atoms with E-state index in [2.05, 4.69) is 4.99 Å². The molecule has 0 bridgehead atoms. The Hall–Kier alpha value is -2.20. The highest BCUT2D eigenvalue weighted by Crippen LogP contribution is 2.32. The molecule has 0 amide bonds. The molecule has 0 saturated heterocycles. The number of nitrogens with zero attached hydrogens (tertiary/aromatic N) is 1. The molecule has 0 N–H and O–H groups in total. The predicted octanol–water partition coefficient (Wildman–Crippen LogP) is 3.28. The first-order chi connectivity index (χ1) is 10.1. The number of fused-ring (bicyclic) bond motifs is 1. The van der Waals surface area contributed by atoms with Gasteiger partial charge in [-0.15, -0.1) is 0 Å². The molecule has 1 atom stereocenters. The van der Waals surface area contributed by atoms with E-state index < -0.39 is 9.84 Å². The molecule has 0 spiro atoms. The molecule has 3 nitrogen and oxygen atoms in total. The first-order valence-electron chi connectivity index (χ1n) is 6.65. The Morgan fingerprint density at radius 1 is 0.952 bits per heavy atom. The summed E-state index contributed by atoms with van der Waals surface area (Å²) in [6, 6.07) is 15.1. The van der Waals surface area contributed by atoms with Crippen LogP contribution >= 0.6 is 0 Å². The molecule has 0 radical (unpaired) electrons. The third kappa shape index (κ3) is 2.67. The van der Waals surface area contributed by atoms with E-state index in [0.29, 0.717) is 4.90 Å². The van der Waals surface area contributed by atoms with E-state index in [-0.39, 0.29) is 5.92 Å². The van der Waals surface area contributed by atoms with Gasteiger partial charge in [-0.3, -0.25) is 4.99 Å². The first-order valence-corrected chi connectivity index (χ1v) is 8.54. The first kappa shape index (κ1) is 13.8. The van der Waals surface area contributed by atoms with E-state index in [0.717, 1.165) is 16.7 Å². The minimum absolute atomic E-state index is 0.165. The topological polar surface area (TPSA) is 46.5 Å². The fourth-order valence-electron chi connectivity index (χ4n) is 2.61. The minimum Gasteiger partial charge on any atom is -0.268 e. The zero-order valence-corrected chi connectivity index (χ0v) is 12.4. The van der Waals surface area contributed by atoms with Crippen LogP contribution in [0.25, 0.3) is 6.08 Å². The second-order valence-electron chi connectivity index (χ2n) is 5.03. The molecule has 1 aliphatic rings. The third-order valence-corrected chi connectivity index (χ3v) is 4.73. The van der Waals surface area contributed by atoms with E-state index in [1.165, 1.54) is 6.26 Å². The van der Waals surface area contributed by atoms with E-state index >= 15 is 0 Å². The van der Waals surface area contributed by atoms with Gasteiger partial charge in [-0.05, 0) is 28.8 Å². The highest BCUT2D eigenvalue weighted by atomic mass is 32.2. The van der Waals surface area contributed by atoms with E-state index in [1.807, 2.05) is 42.5 Å². The van der Waals surface area contributed by atoms with Crippen LogP contribution in [0.15, 0.2) is 64.6 Å². The summed E-state index contributed by atoms with van der Waals surface area (Å²) in [5, 5.41) is 0. The maximum absolute atomic E-state index is 12.0. The lowest BCUT2D eigenvalue weighted by Crippen LogP contribution is -2.10. The Bertz CT molecular complexity index is 835. The van der Waals surface area contributed by atoms with Crippen molar-refractivity contribution in [3.05, 3.63) is 71.4 Å². The number of benzene rings is 2. The lowest BCUT2D eigenvalue weighted by atomic mass is 9.89.